The molecule has 0 atom stereocenters. The van der Waals surface area contributed by atoms with E-state index in [-0.39, 0.29) is 5.91 Å². The van der Waals surface area contributed by atoms with Crippen molar-refractivity contribution in [2.75, 3.05) is 18.6 Å². The van der Waals surface area contributed by atoms with Gasteiger partial charge in [-0.2, -0.15) is 0 Å². The van der Waals surface area contributed by atoms with Crippen LogP contribution < -0.4 is 9.64 Å². The van der Waals surface area contributed by atoms with Crippen molar-refractivity contribution < 1.29 is 9.53 Å². The number of halogens is 1. The molecule has 2 heterocycles. The summed E-state index contributed by atoms with van der Waals surface area (Å²) in [7, 11) is 1.83. The lowest BCUT2D eigenvalue weighted by molar-refractivity contribution is -0.114. The largest absolute Gasteiger partial charge is 0.492 e. The van der Waals surface area contributed by atoms with E-state index in [4.69, 9.17) is 17.0 Å². The molecule has 5 nitrogen and oxygen atoms in total. The van der Waals surface area contributed by atoms with Crippen LogP contribution in [0.1, 0.15) is 5.56 Å². The quantitative estimate of drug-likeness (QED) is 0.223. The van der Waals surface area contributed by atoms with Crippen molar-refractivity contribution in [3.8, 4) is 5.75 Å². The molecule has 0 aliphatic carbocycles. The van der Waals surface area contributed by atoms with Crippen LogP contribution >= 0.6 is 28.1 Å². The van der Waals surface area contributed by atoms with E-state index in [0.29, 0.717) is 24.0 Å². The molecular formula is C27H22BrN3O2S. The van der Waals surface area contributed by atoms with Crippen LogP contribution in [0.15, 0.2) is 95.2 Å². The Morgan fingerprint density at radius 3 is 2.44 bits per heavy atom. The smallest absolute Gasteiger partial charge is 0.281 e. The number of fused-ring (bicyclic) bond motifs is 1. The minimum Gasteiger partial charge on any atom is -0.492 e. The molecule has 7 heteroatoms. The Morgan fingerprint density at radius 2 is 1.71 bits per heavy atom. The fourth-order valence-electron chi connectivity index (χ4n) is 4.08. The number of aromatic nitrogens is 1. The Hall–Kier alpha value is -3.42. The number of para-hydroxylation sites is 2. The maximum Gasteiger partial charge on any atom is 0.281 e. The normalized spacial score (nSPS) is 15.1. The Kier molecular flexibility index (Phi) is 6.22. The molecule has 0 saturated carbocycles. The van der Waals surface area contributed by atoms with Gasteiger partial charge in [-0.25, -0.2) is 0 Å². The number of nitrogens with zero attached hydrogens (tertiary/aromatic N) is 3. The number of likely N-dealkylation sites (N-methyl/N-ethyl adjacent to an activating group) is 1. The molecule has 1 fully saturated rings. The zero-order valence-corrected chi connectivity index (χ0v) is 20.9. The maximum atomic E-state index is 13.4. The van der Waals surface area contributed by atoms with Gasteiger partial charge < -0.3 is 14.2 Å². The fraction of sp³-hybridized carbons (Fsp3) is 0.111. The van der Waals surface area contributed by atoms with Gasteiger partial charge in [0.05, 0.1) is 12.2 Å². The van der Waals surface area contributed by atoms with E-state index in [1.807, 2.05) is 79.9 Å². The van der Waals surface area contributed by atoms with E-state index in [1.165, 1.54) is 0 Å². The highest BCUT2D eigenvalue weighted by Gasteiger charge is 2.36. The monoisotopic (exact) mass is 531 g/mol. The van der Waals surface area contributed by atoms with Gasteiger partial charge in [-0.15, -0.1) is 0 Å². The summed E-state index contributed by atoms with van der Waals surface area (Å²) < 4.78 is 9.04. The van der Waals surface area contributed by atoms with Gasteiger partial charge in [0.15, 0.2) is 5.11 Å². The first kappa shape index (κ1) is 22.4. The highest BCUT2D eigenvalue weighted by Crippen LogP contribution is 2.31. The second-order valence-corrected chi connectivity index (χ2v) is 9.23. The molecule has 0 spiro atoms. The van der Waals surface area contributed by atoms with Crippen molar-refractivity contribution in [3.63, 3.8) is 0 Å². The maximum absolute atomic E-state index is 13.4. The summed E-state index contributed by atoms with van der Waals surface area (Å²) in [6.07, 6.45) is 3.98. The van der Waals surface area contributed by atoms with Gasteiger partial charge >= 0.3 is 0 Å². The number of anilines is 1. The molecule has 0 radical (unpaired) electrons. The van der Waals surface area contributed by atoms with E-state index in [1.54, 1.807) is 9.80 Å². The molecule has 5 rings (SSSR count). The van der Waals surface area contributed by atoms with Crippen LogP contribution in [0.4, 0.5) is 5.69 Å². The molecule has 1 amide bonds. The van der Waals surface area contributed by atoms with Crippen LogP contribution in [0.5, 0.6) is 5.75 Å². The predicted molar refractivity (Wildman–Crippen MR) is 144 cm³/mol. The van der Waals surface area contributed by atoms with Crippen LogP contribution in [0, 0.1) is 0 Å². The number of carbonyl (C=O) groups excluding carboxylic acids is 1. The standard InChI is InChI=1S/C27H22BrN3O2S/c1-29-25(26(32)31(27(29)34)21-8-4-2-5-9-21)16-19-18-30(24-13-12-20(28)17-23(19)24)14-15-33-22-10-6-3-7-11-22/h2-13,16-18H,14-15H2,1H3/b25-16-. The number of amides is 1. The molecule has 3 aromatic carbocycles. The van der Waals surface area contributed by atoms with Crippen LogP contribution in [0.25, 0.3) is 17.0 Å². The number of thiocarbonyl (C=S) groups is 1. The predicted octanol–water partition coefficient (Wildman–Crippen LogP) is 6.09. The summed E-state index contributed by atoms with van der Waals surface area (Å²) in [6.45, 7) is 1.21. The molecule has 1 aliphatic heterocycles. The summed E-state index contributed by atoms with van der Waals surface area (Å²) in [6, 6.07) is 25.4. The van der Waals surface area contributed by atoms with E-state index in [2.05, 4.69) is 38.8 Å². The topological polar surface area (TPSA) is 37.7 Å². The molecule has 4 aromatic rings. The lowest BCUT2D eigenvalue weighted by Crippen LogP contribution is -2.30. The van der Waals surface area contributed by atoms with Crippen LogP contribution in [-0.4, -0.2) is 34.1 Å². The summed E-state index contributed by atoms with van der Waals surface area (Å²) in [5.74, 6) is 0.707. The Morgan fingerprint density at radius 1 is 1.00 bits per heavy atom. The minimum absolute atomic E-state index is 0.137. The number of rotatable bonds is 6. The van der Waals surface area contributed by atoms with Crippen LogP contribution in [-0.2, 0) is 11.3 Å². The van der Waals surface area contributed by atoms with Crippen molar-refractivity contribution in [2.45, 2.75) is 6.54 Å². The Balaban J connectivity index is 1.48. The lowest BCUT2D eigenvalue weighted by atomic mass is 10.1. The minimum atomic E-state index is -0.137. The number of hydrogen-bond acceptors (Lipinski definition) is 3. The third-order valence-electron chi connectivity index (χ3n) is 5.79. The van der Waals surface area contributed by atoms with Gasteiger partial charge in [0.25, 0.3) is 5.91 Å². The van der Waals surface area contributed by atoms with Gasteiger partial charge in [-0.1, -0.05) is 52.3 Å². The number of ether oxygens (including phenoxy) is 1. The molecule has 0 N–H and O–H groups in total. The third-order valence-corrected chi connectivity index (χ3v) is 6.74. The summed E-state index contributed by atoms with van der Waals surface area (Å²) >= 11 is 9.19. The van der Waals surface area contributed by atoms with Gasteiger partial charge in [-0.3, -0.25) is 9.69 Å². The molecule has 1 saturated heterocycles. The summed E-state index contributed by atoms with van der Waals surface area (Å²) in [5, 5.41) is 1.51. The third kappa shape index (κ3) is 4.24. The molecular weight excluding hydrogens is 510 g/mol. The molecule has 34 heavy (non-hydrogen) atoms. The lowest BCUT2D eigenvalue weighted by Gasteiger charge is -2.16. The van der Waals surface area contributed by atoms with Gasteiger partial charge in [0.1, 0.15) is 18.1 Å². The average Bonchev–Trinajstić information content (AvgIpc) is 3.29. The van der Waals surface area contributed by atoms with Gasteiger partial charge in [-0.05, 0) is 60.8 Å². The van der Waals surface area contributed by atoms with E-state index in [9.17, 15) is 4.79 Å². The summed E-state index contributed by atoms with van der Waals surface area (Å²) in [5.41, 5.74) is 3.32. The number of hydrogen-bond donors (Lipinski definition) is 0. The van der Waals surface area contributed by atoms with E-state index in [0.717, 1.165) is 32.4 Å². The highest BCUT2D eigenvalue weighted by molar-refractivity contribution is 9.10. The Bertz CT molecular complexity index is 1400. The SMILES string of the molecule is CN1C(=S)N(c2ccccc2)C(=O)/C1=C/c1cn(CCOc2ccccc2)c2ccc(Br)cc12. The zero-order valence-electron chi connectivity index (χ0n) is 18.5. The van der Waals surface area contributed by atoms with Crippen LogP contribution in [0.2, 0.25) is 0 Å². The first-order chi connectivity index (χ1) is 16.5. The second-order valence-electron chi connectivity index (χ2n) is 7.95. The first-order valence-corrected chi connectivity index (χ1v) is 12.1. The van der Waals surface area contributed by atoms with E-state index >= 15 is 0 Å². The van der Waals surface area contributed by atoms with Crippen molar-refractivity contribution in [3.05, 3.63) is 101 Å². The number of benzene rings is 3. The Labute approximate surface area is 212 Å². The second kappa shape index (κ2) is 9.44. The average molecular weight is 532 g/mol. The molecule has 0 bridgehead atoms. The zero-order chi connectivity index (χ0) is 23.7. The van der Waals surface area contributed by atoms with Gasteiger partial charge in [0, 0.05) is 34.2 Å². The van der Waals surface area contributed by atoms with Crippen LogP contribution in [0.3, 0.4) is 0 Å². The molecule has 0 unspecified atom stereocenters. The number of carbonyl (C=O) groups is 1. The highest BCUT2D eigenvalue weighted by atomic mass is 79.9. The van der Waals surface area contributed by atoms with Crippen molar-refractivity contribution in [1.82, 2.24) is 9.47 Å². The van der Waals surface area contributed by atoms with Crippen molar-refractivity contribution in [1.29, 1.82) is 0 Å². The summed E-state index contributed by atoms with van der Waals surface area (Å²) in [4.78, 5) is 16.7. The van der Waals surface area contributed by atoms with Crippen molar-refractivity contribution in [2.24, 2.45) is 0 Å². The van der Waals surface area contributed by atoms with E-state index < -0.39 is 0 Å². The van der Waals surface area contributed by atoms with Gasteiger partial charge in [0.2, 0.25) is 0 Å². The first-order valence-electron chi connectivity index (χ1n) is 10.9. The molecule has 1 aliphatic rings. The van der Waals surface area contributed by atoms with Crippen molar-refractivity contribution >= 4 is 61.8 Å². The molecule has 1 aromatic heterocycles. The molecule has 170 valence electrons. The fourth-order valence-corrected chi connectivity index (χ4v) is 4.73.